The predicted molar refractivity (Wildman–Crippen MR) is 142 cm³/mol. The number of halogens is 2. The molecule has 0 aromatic heterocycles. The Morgan fingerprint density at radius 1 is 0.889 bits per heavy atom. The van der Waals surface area contributed by atoms with E-state index in [0.717, 1.165) is 4.90 Å². The van der Waals surface area contributed by atoms with Crippen LogP contribution in [0.25, 0.3) is 0 Å². The summed E-state index contributed by atoms with van der Waals surface area (Å²) in [6.45, 7) is 26.2. The lowest BCUT2D eigenvalue weighted by atomic mass is 9.99. The Morgan fingerprint density at radius 2 is 1.36 bits per heavy atom. The van der Waals surface area contributed by atoms with E-state index in [-0.39, 0.29) is 16.7 Å². The molecule has 11 heteroatoms. The van der Waals surface area contributed by atoms with Crippen LogP contribution in [0.15, 0.2) is 0 Å². The highest BCUT2D eigenvalue weighted by Gasteiger charge is 2.60. The third-order valence-corrected chi connectivity index (χ3v) is 16.6. The van der Waals surface area contributed by atoms with E-state index in [1.165, 1.54) is 6.92 Å². The van der Waals surface area contributed by atoms with Crippen LogP contribution in [0.5, 0.6) is 0 Å². The minimum atomic E-state index is -2.85. The van der Waals surface area contributed by atoms with Crippen LogP contribution in [0.4, 0.5) is 13.6 Å². The number of hydrogen-bond acceptors (Lipinski definition) is 6. The molecule has 0 N–H and O–H groups in total. The van der Waals surface area contributed by atoms with Crippen molar-refractivity contribution in [2.75, 3.05) is 6.61 Å². The second kappa shape index (κ2) is 11.0. The molecule has 1 heterocycles. The Kier molecular flexibility index (Phi) is 10.1. The molecular formula is C25H49F2NO6Si2. The monoisotopic (exact) mass is 553 g/mol. The molecule has 0 aromatic rings. The SMILES string of the molecule is CC(=O)O[C@H]1[C@H](O[Si](C)(C)C(C)(C)C)[C@@H](C(F)F)[C@@H](CO[Si](C)(C)C(C)(C)C)N1C(=O)OC(C)(C)C. The minimum absolute atomic E-state index is 0.139. The van der Waals surface area contributed by atoms with Gasteiger partial charge in [-0.2, -0.15) is 0 Å². The molecule has 0 saturated carbocycles. The third kappa shape index (κ3) is 7.98. The zero-order chi connectivity index (χ0) is 28.7. The normalized spacial score (nSPS) is 24.3. The number of esters is 1. The average molecular weight is 554 g/mol. The number of nitrogens with zero attached hydrogens (tertiary/aromatic N) is 1. The summed E-state index contributed by atoms with van der Waals surface area (Å²) < 4.78 is 53.6. The van der Waals surface area contributed by atoms with Crippen LogP contribution >= 0.6 is 0 Å². The van der Waals surface area contributed by atoms with E-state index in [0.29, 0.717) is 0 Å². The molecule has 0 spiro atoms. The molecule has 0 aromatic carbocycles. The maximum absolute atomic E-state index is 14.8. The summed E-state index contributed by atoms with van der Waals surface area (Å²) in [5.74, 6) is -2.13. The van der Waals surface area contributed by atoms with Crippen LogP contribution in [-0.4, -0.2) is 70.6 Å². The Bertz CT molecular complexity index is 787. The van der Waals surface area contributed by atoms with E-state index in [1.54, 1.807) is 20.8 Å². The largest absolute Gasteiger partial charge is 0.444 e. The summed E-state index contributed by atoms with van der Waals surface area (Å²) in [5.41, 5.74) is -0.888. The smallest absolute Gasteiger partial charge is 0.413 e. The molecule has 1 rings (SSSR count). The van der Waals surface area contributed by atoms with Crippen molar-refractivity contribution < 1.29 is 36.7 Å². The molecular weight excluding hydrogens is 504 g/mol. The van der Waals surface area contributed by atoms with Gasteiger partial charge in [0.1, 0.15) is 11.7 Å². The van der Waals surface area contributed by atoms with Crippen LogP contribution in [0, 0.1) is 5.92 Å². The highest BCUT2D eigenvalue weighted by atomic mass is 28.4. The molecule has 1 fully saturated rings. The Hall–Kier alpha value is -1.05. The molecule has 4 atom stereocenters. The molecule has 1 saturated heterocycles. The van der Waals surface area contributed by atoms with E-state index >= 15 is 0 Å². The summed E-state index contributed by atoms with van der Waals surface area (Å²) in [5, 5.41) is -0.470. The lowest BCUT2D eigenvalue weighted by Gasteiger charge is -2.40. The number of likely N-dealkylation sites (tertiary alicyclic amines) is 1. The topological polar surface area (TPSA) is 74.3 Å². The number of hydrogen-bond donors (Lipinski definition) is 0. The van der Waals surface area contributed by atoms with Crippen molar-refractivity contribution in [3.63, 3.8) is 0 Å². The molecule has 1 amide bonds. The van der Waals surface area contributed by atoms with Crippen molar-refractivity contribution in [3.8, 4) is 0 Å². The van der Waals surface area contributed by atoms with Gasteiger partial charge in [-0.15, -0.1) is 0 Å². The first kappa shape index (κ1) is 33.0. The van der Waals surface area contributed by atoms with Gasteiger partial charge in [0.2, 0.25) is 12.7 Å². The van der Waals surface area contributed by atoms with Gasteiger partial charge in [-0.1, -0.05) is 41.5 Å². The molecule has 212 valence electrons. The van der Waals surface area contributed by atoms with Crippen LogP contribution < -0.4 is 0 Å². The first-order valence-corrected chi connectivity index (χ1v) is 18.4. The van der Waals surface area contributed by atoms with Crippen molar-refractivity contribution >= 4 is 28.7 Å². The summed E-state index contributed by atoms with van der Waals surface area (Å²) in [7, 11) is -4.98. The zero-order valence-corrected chi connectivity index (χ0v) is 26.7. The Balaban J connectivity index is 3.67. The summed E-state index contributed by atoms with van der Waals surface area (Å²) >= 11 is 0. The first-order chi connectivity index (χ1) is 15.8. The minimum Gasteiger partial charge on any atom is -0.444 e. The fourth-order valence-electron chi connectivity index (χ4n) is 3.46. The number of carbonyl (C=O) groups is 2. The van der Waals surface area contributed by atoms with Gasteiger partial charge >= 0.3 is 12.1 Å². The van der Waals surface area contributed by atoms with Gasteiger partial charge in [0, 0.05) is 6.92 Å². The number of amides is 1. The summed E-state index contributed by atoms with van der Waals surface area (Å²) in [4.78, 5) is 26.7. The van der Waals surface area contributed by atoms with Crippen LogP contribution in [0.3, 0.4) is 0 Å². The molecule has 0 unspecified atom stereocenters. The van der Waals surface area contributed by atoms with Gasteiger partial charge in [-0.3, -0.25) is 9.69 Å². The van der Waals surface area contributed by atoms with E-state index in [9.17, 15) is 18.4 Å². The van der Waals surface area contributed by atoms with E-state index in [1.807, 2.05) is 47.0 Å². The van der Waals surface area contributed by atoms with Crippen molar-refractivity contribution in [1.82, 2.24) is 4.90 Å². The van der Waals surface area contributed by atoms with Gasteiger partial charge in [0.15, 0.2) is 16.6 Å². The van der Waals surface area contributed by atoms with Gasteiger partial charge in [0.25, 0.3) is 0 Å². The number of rotatable bonds is 7. The second-order valence-corrected chi connectivity index (χ2v) is 23.3. The maximum atomic E-state index is 14.8. The predicted octanol–water partition coefficient (Wildman–Crippen LogP) is 6.79. The zero-order valence-electron chi connectivity index (χ0n) is 24.7. The Labute approximate surface area is 218 Å². The standard InChI is InChI=1S/C25H49F2NO6Si2/c1-16(29)32-21-19(34-36(13,14)25(8,9)10)18(20(26)27)17(15-31-35(11,12)24(5,6)7)28(21)22(30)33-23(2,3)4/h17-21H,15H2,1-14H3/t17-,18+,19-,21+/m1/s1. The van der Waals surface area contributed by atoms with Crippen molar-refractivity contribution in [2.45, 2.75) is 136 Å². The molecule has 0 bridgehead atoms. The Morgan fingerprint density at radius 3 is 1.72 bits per heavy atom. The first-order valence-electron chi connectivity index (χ1n) is 12.6. The van der Waals surface area contributed by atoms with Gasteiger partial charge in [-0.05, 0) is 57.0 Å². The molecule has 0 radical (unpaired) electrons. The van der Waals surface area contributed by atoms with Crippen LogP contribution in [0.1, 0.15) is 69.2 Å². The molecule has 7 nitrogen and oxygen atoms in total. The highest BCUT2D eigenvalue weighted by Crippen LogP contribution is 2.45. The van der Waals surface area contributed by atoms with E-state index in [2.05, 4.69) is 20.8 Å². The van der Waals surface area contributed by atoms with Crippen molar-refractivity contribution in [1.29, 1.82) is 0 Å². The molecule has 1 aliphatic heterocycles. The number of alkyl halides is 2. The molecule has 36 heavy (non-hydrogen) atoms. The van der Waals surface area contributed by atoms with Gasteiger partial charge < -0.3 is 18.3 Å². The summed E-state index contributed by atoms with van der Waals surface area (Å²) in [6.07, 6.45) is -6.28. The van der Waals surface area contributed by atoms with E-state index in [4.69, 9.17) is 18.3 Å². The quantitative estimate of drug-likeness (QED) is 0.255. The van der Waals surface area contributed by atoms with Gasteiger partial charge in [-0.25, -0.2) is 13.6 Å². The van der Waals surface area contributed by atoms with Crippen molar-refractivity contribution in [3.05, 3.63) is 0 Å². The van der Waals surface area contributed by atoms with Crippen LogP contribution in [-0.2, 0) is 23.1 Å². The number of ether oxygens (including phenoxy) is 2. The molecule has 0 aliphatic carbocycles. The van der Waals surface area contributed by atoms with Crippen LogP contribution in [0.2, 0.25) is 36.3 Å². The fraction of sp³-hybridized carbons (Fsp3) is 0.920. The molecule has 1 aliphatic rings. The lowest BCUT2D eigenvalue weighted by Crippen LogP contribution is -2.52. The number of carbonyl (C=O) groups excluding carboxylic acids is 2. The lowest BCUT2D eigenvalue weighted by molar-refractivity contribution is -0.161. The summed E-state index contributed by atoms with van der Waals surface area (Å²) in [6, 6.07) is -1.10. The van der Waals surface area contributed by atoms with Crippen molar-refractivity contribution in [2.24, 2.45) is 5.92 Å². The average Bonchev–Trinajstić information content (AvgIpc) is 2.89. The second-order valence-electron chi connectivity index (χ2n) is 13.8. The fourth-order valence-corrected chi connectivity index (χ4v) is 5.78. The van der Waals surface area contributed by atoms with E-state index < -0.39 is 65.0 Å². The third-order valence-electron chi connectivity index (χ3n) is 7.58. The maximum Gasteiger partial charge on any atom is 0.413 e. The highest BCUT2D eigenvalue weighted by molar-refractivity contribution is 6.74. The van der Waals surface area contributed by atoms with Gasteiger partial charge in [0.05, 0.1) is 18.6 Å².